The maximum atomic E-state index is 12.4. The standard InChI is InChI=1S/C29H31BrO3S/c1-21-11-10-12-24(17-21)33-28(31)20-32-29-22(2)18-27(19-23(29)3)34(30,25-13-6-4-7-14-25)26-15-8-5-9-16-26/h4-9,13-19,24H,10-12,20H2,1-3H3. The van der Waals surface area contributed by atoms with Crippen LogP contribution in [0, 0.1) is 13.8 Å². The Bertz CT molecular complexity index is 1110. The van der Waals surface area contributed by atoms with Crippen LogP contribution in [0.15, 0.2) is 99.1 Å². The second kappa shape index (κ2) is 10.8. The van der Waals surface area contributed by atoms with Crippen LogP contribution in [-0.2, 0) is 9.53 Å². The van der Waals surface area contributed by atoms with Crippen molar-refractivity contribution in [3.8, 4) is 5.75 Å². The molecule has 5 heteroatoms. The Morgan fingerprint density at radius 1 is 0.912 bits per heavy atom. The molecule has 0 N–H and O–H groups in total. The van der Waals surface area contributed by atoms with E-state index in [2.05, 4.69) is 88.5 Å². The van der Waals surface area contributed by atoms with E-state index in [1.807, 2.05) is 26.0 Å². The lowest BCUT2D eigenvalue weighted by atomic mass is 9.99. The Kier molecular flexibility index (Phi) is 7.84. The summed E-state index contributed by atoms with van der Waals surface area (Å²) in [6.45, 7) is 6.07. The number of aryl methyl sites for hydroxylation is 2. The molecule has 0 aromatic heterocycles. The topological polar surface area (TPSA) is 35.5 Å². The molecule has 3 aromatic carbocycles. The second-order valence-corrected chi connectivity index (χ2v) is 14.2. The van der Waals surface area contributed by atoms with Crippen LogP contribution in [0.25, 0.3) is 0 Å². The van der Waals surface area contributed by atoms with Gasteiger partial charge in [0.1, 0.15) is 11.9 Å². The van der Waals surface area contributed by atoms with Gasteiger partial charge in [0.25, 0.3) is 0 Å². The predicted molar refractivity (Wildman–Crippen MR) is 143 cm³/mol. The van der Waals surface area contributed by atoms with Gasteiger partial charge in [0.2, 0.25) is 0 Å². The van der Waals surface area contributed by atoms with E-state index in [1.165, 1.54) is 20.3 Å². The molecule has 34 heavy (non-hydrogen) atoms. The largest absolute Gasteiger partial charge is 0.481 e. The van der Waals surface area contributed by atoms with Gasteiger partial charge in [0.05, 0.1) is 0 Å². The Morgan fingerprint density at radius 2 is 1.47 bits per heavy atom. The number of esters is 1. The zero-order valence-corrected chi connectivity index (χ0v) is 22.3. The minimum absolute atomic E-state index is 0.0892. The van der Waals surface area contributed by atoms with Crippen LogP contribution in [0.5, 0.6) is 5.75 Å². The van der Waals surface area contributed by atoms with Crippen LogP contribution in [0.3, 0.4) is 0 Å². The molecule has 3 aromatic rings. The molecule has 0 spiro atoms. The molecule has 0 aliphatic heterocycles. The van der Waals surface area contributed by atoms with Crippen LogP contribution in [0.2, 0.25) is 0 Å². The fraction of sp³-hybridized carbons (Fsp3) is 0.276. The Balaban J connectivity index is 1.58. The summed E-state index contributed by atoms with van der Waals surface area (Å²) < 4.78 is 11.6. The number of hydrogen-bond acceptors (Lipinski definition) is 3. The smallest absolute Gasteiger partial charge is 0.344 e. The van der Waals surface area contributed by atoms with Crippen molar-refractivity contribution >= 4 is 29.2 Å². The van der Waals surface area contributed by atoms with Gasteiger partial charge < -0.3 is 9.47 Å². The van der Waals surface area contributed by atoms with Crippen molar-refractivity contribution < 1.29 is 14.3 Å². The van der Waals surface area contributed by atoms with Gasteiger partial charge in [-0.3, -0.25) is 0 Å². The van der Waals surface area contributed by atoms with Crippen LogP contribution in [0.4, 0.5) is 0 Å². The molecular weight excluding hydrogens is 508 g/mol. The highest BCUT2D eigenvalue weighted by Gasteiger charge is 2.29. The van der Waals surface area contributed by atoms with Gasteiger partial charge in [0, 0.05) is 14.7 Å². The van der Waals surface area contributed by atoms with Crippen LogP contribution >= 0.6 is 23.3 Å². The number of hydrogen-bond donors (Lipinski definition) is 0. The van der Waals surface area contributed by atoms with Gasteiger partial charge in [-0.15, -0.1) is 8.46 Å². The number of carbonyl (C=O) groups is 1. The minimum Gasteiger partial charge on any atom is -0.481 e. The zero-order chi connectivity index (χ0) is 24.1. The van der Waals surface area contributed by atoms with Gasteiger partial charge in [-0.25, -0.2) is 4.79 Å². The molecule has 1 unspecified atom stereocenters. The fourth-order valence-corrected chi connectivity index (χ4v) is 8.83. The van der Waals surface area contributed by atoms with E-state index in [9.17, 15) is 4.79 Å². The predicted octanol–water partition coefficient (Wildman–Crippen LogP) is 8.32. The molecule has 0 fully saturated rings. The molecule has 0 saturated carbocycles. The Labute approximate surface area is 211 Å². The fourth-order valence-electron chi connectivity index (χ4n) is 4.42. The third kappa shape index (κ3) is 5.42. The average Bonchev–Trinajstić information content (AvgIpc) is 2.84. The first-order chi connectivity index (χ1) is 16.4. The summed E-state index contributed by atoms with van der Waals surface area (Å²) in [5.74, 6) is 0.416. The van der Waals surface area contributed by atoms with E-state index in [0.29, 0.717) is 0 Å². The summed E-state index contributed by atoms with van der Waals surface area (Å²) in [6, 6.07) is 25.4. The summed E-state index contributed by atoms with van der Waals surface area (Å²) in [4.78, 5) is 16.1. The highest BCUT2D eigenvalue weighted by atomic mass is 79.9. The van der Waals surface area contributed by atoms with Gasteiger partial charge in [-0.1, -0.05) is 42.0 Å². The van der Waals surface area contributed by atoms with Crippen molar-refractivity contribution in [1.82, 2.24) is 0 Å². The average molecular weight is 540 g/mol. The van der Waals surface area contributed by atoms with Gasteiger partial charge in [-0.2, -0.15) is 0 Å². The summed E-state index contributed by atoms with van der Waals surface area (Å²) >= 11 is 4.19. The first-order valence-electron chi connectivity index (χ1n) is 11.6. The number of benzene rings is 3. The molecule has 1 atom stereocenters. The van der Waals surface area contributed by atoms with E-state index < -0.39 is 8.46 Å². The number of carbonyl (C=O) groups excluding carboxylic acids is 1. The number of ether oxygens (including phenoxy) is 2. The molecule has 4 rings (SSSR count). The lowest BCUT2D eigenvalue weighted by molar-refractivity contribution is -0.149. The van der Waals surface area contributed by atoms with Gasteiger partial charge in [-0.05, 0) is 108 Å². The highest BCUT2D eigenvalue weighted by molar-refractivity contribution is 9.58. The summed E-state index contributed by atoms with van der Waals surface area (Å²) in [7, 11) is -1.63. The number of halogens is 1. The molecule has 1 aliphatic rings. The van der Waals surface area contributed by atoms with Crippen molar-refractivity contribution in [2.45, 2.75) is 60.8 Å². The Hall–Kier alpha value is -2.50. The molecule has 3 nitrogen and oxygen atoms in total. The normalized spacial score (nSPS) is 16.5. The molecule has 1 aliphatic carbocycles. The van der Waals surface area contributed by atoms with Gasteiger partial charge in [0.15, 0.2) is 6.61 Å². The molecule has 0 bridgehead atoms. The highest BCUT2D eigenvalue weighted by Crippen LogP contribution is 2.74. The van der Waals surface area contributed by atoms with Gasteiger partial charge >= 0.3 is 5.97 Å². The molecule has 0 heterocycles. The van der Waals surface area contributed by atoms with E-state index in [1.54, 1.807) is 0 Å². The maximum Gasteiger partial charge on any atom is 0.344 e. The lowest BCUT2D eigenvalue weighted by Gasteiger charge is -2.35. The maximum absolute atomic E-state index is 12.4. The van der Waals surface area contributed by atoms with E-state index >= 15 is 0 Å². The quantitative estimate of drug-likeness (QED) is 0.224. The third-order valence-corrected chi connectivity index (χ3v) is 12.1. The van der Waals surface area contributed by atoms with E-state index in [4.69, 9.17) is 9.47 Å². The summed E-state index contributed by atoms with van der Waals surface area (Å²) in [5.41, 5.74) is 3.28. The van der Waals surface area contributed by atoms with Crippen LogP contribution in [-0.4, -0.2) is 18.7 Å². The number of allylic oxidation sites excluding steroid dienone is 1. The molecule has 0 saturated heterocycles. The SMILES string of the molecule is CC1=CC(OC(=O)COc2c(C)cc(S(Br)(c3ccccc3)c3ccccc3)cc2C)CCC1. The summed E-state index contributed by atoms with van der Waals surface area (Å²) in [6.07, 6.45) is 4.94. The molecule has 0 radical (unpaired) electrons. The van der Waals surface area contributed by atoms with Crippen LogP contribution < -0.4 is 4.74 Å². The second-order valence-electron chi connectivity index (χ2n) is 8.77. The Morgan fingerprint density at radius 3 is 2.00 bits per heavy atom. The first kappa shape index (κ1) is 24.6. The van der Waals surface area contributed by atoms with E-state index in [0.717, 1.165) is 36.1 Å². The third-order valence-electron chi connectivity index (χ3n) is 6.04. The molecular formula is C29H31BrO3S. The van der Waals surface area contributed by atoms with Crippen LogP contribution in [0.1, 0.15) is 37.3 Å². The van der Waals surface area contributed by atoms with E-state index in [-0.39, 0.29) is 18.7 Å². The van der Waals surface area contributed by atoms with Crippen molar-refractivity contribution in [2.24, 2.45) is 0 Å². The summed E-state index contributed by atoms with van der Waals surface area (Å²) in [5, 5.41) is 0. The minimum atomic E-state index is -1.63. The van der Waals surface area contributed by atoms with Crippen molar-refractivity contribution in [1.29, 1.82) is 0 Å². The first-order valence-corrected chi connectivity index (χ1v) is 15.1. The molecule has 178 valence electrons. The monoisotopic (exact) mass is 538 g/mol. The van der Waals surface area contributed by atoms with Crippen molar-refractivity contribution in [2.75, 3.05) is 6.61 Å². The lowest BCUT2D eigenvalue weighted by Crippen LogP contribution is -2.23. The van der Waals surface area contributed by atoms with Crippen molar-refractivity contribution in [3.05, 3.63) is 95.6 Å². The van der Waals surface area contributed by atoms with Crippen molar-refractivity contribution in [3.63, 3.8) is 0 Å². The molecule has 0 amide bonds. The zero-order valence-electron chi connectivity index (χ0n) is 19.9. The number of rotatable bonds is 7.